The molecule has 1 aliphatic rings. The number of benzene rings is 2. The molecule has 0 spiro atoms. The number of halogens is 1. The average Bonchev–Trinajstić information content (AvgIpc) is 3.26. The van der Waals surface area contributed by atoms with Gasteiger partial charge >= 0.3 is 5.97 Å². The van der Waals surface area contributed by atoms with Gasteiger partial charge in [0.25, 0.3) is 5.89 Å². The highest BCUT2D eigenvalue weighted by Gasteiger charge is 2.37. The molecule has 0 amide bonds. The van der Waals surface area contributed by atoms with Gasteiger partial charge in [-0.2, -0.15) is 4.98 Å². The zero-order valence-corrected chi connectivity index (χ0v) is 18.2. The van der Waals surface area contributed by atoms with Gasteiger partial charge in [-0.1, -0.05) is 59.8 Å². The Morgan fingerprint density at radius 3 is 2.56 bits per heavy atom. The second kappa shape index (κ2) is 9.18. The molecule has 6 nitrogen and oxygen atoms in total. The third-order valence-corrected chi connectivity index (χ3v) is 5.51. The Hall–Kier alpha value is -3.74. The first-order chi connectivity index (χ1) is 15.5. The second-order valence-electron chi connectivity index (χ2n) is 7.68. The molecule has 4 rings (SSSR count). The van der Waals surface area contributed by atoms with Crippen LogP contribution in [0.1, 0.15) is 48.2 Å². The van der Waals surface area contributed by atoms with Crippen LogP contribution >= 0.6 is 0 Å². The van der Waals surface area contributed by atoms with Crippen molar-refractivity contribution in [3.05, 3.63) is 100.0 Å². The number of nitrogens with one attached hydrogen (secondary N) is 1. The average molecular weight is 433 g/mol. The number of hydrogen-bond donors (Lipinski definition) is 1. The van der Waals surface area contributed by atoms with E-state index in [9.17, 15) is 9.18 Å². The summed E-state index contributed by atoms with van der Waals surface area (Å²) in [5, 5.41) is 7.39. The number of hydrogen-bond acceptors (Lipinski definition) is 6. The molecule has 2 aromatic carbocycles. The highest BCUT2D eigenvalue weighted by atomic mass is 19.1. The number of aromatic nitrogens is 2. The minimum atomic E-state index is -0.602. The van der Waals surface area contributed by atoms with Gasteiger partial charge in [0.15, 0.2) is 5.82 Å². The number of carbonyl (C=O) groups is 1. The van der Waals surface area contributed by atoms with Crippen LogP contribution in [0.25, 0.3) is 5.57 Å². The van der Waals surface area contributed by atoms with E-state index in [1.807, 2.05) is 50.2 Å². The molecular formula is C25H24FN3O3. The van der Waals surface area contributed by atoms with Crippen molar-refractivity contribution >= 4 is 11.5 Å². The van der Waals surface area contributed by atoms with Gasteiger partial charge in [0.1, 0.15) is 6.67 Å². The Kier molecular flexibility index (Phi) is 6.16. The summed E-state index contributed by atoms with van der Waals surface area (Å²) >= 11 is 0. The number of dihydropyridines is 1. The van der Waals surface area contributed by atoms with E-state index in [-0.39, 0.29) is 0 Å². The molecule has 7 heteroatoms. The van der Waals surface area contributed by atoms with E-state index in [0.29, 0.717) is 40.5 Å². The molecule has 1 aromatic heterocycles. The van der Waals surface area contributed by atoms with Crippen LogP contribution in [-0.2, 0) is 22.6 Å². The molecular weight excluding hydrogens is 409 g/mol. The smallest absolute Gasteiger partial charge is 0.336 e. The quantitative estimate of drug-likeness (QED) is 0.568. The first-order valence-corrected chi connectivity index (χ1v) is 10.3. The summed E-state index contributed by atoms with van der Waals surface area (Å²) < 4.78 is 24.1. The second-order valence-corrected chi connectivity index (χ2v) is 7.68. The largest absolute Gasteiger partial charge is 0.466 e. The van der Waals surface area contributed by atoms with E-state index in [0.717, 1.165) is 16.8 Å². The zero-order valence-electron chi connectivity index (χ0n) is 18.2. The maximum atomic E-state index is 13.4. The molecule has 0 saturated carbocycles. The third-order valence-electron chi connectivity index (χ3n) is 5.51. The number of esters is 1. The minimum absolute atomic E-state index is 0.311. The molecule has 0 fully saturated rings. The zero-order chi connectivity index (χ0) is 22.7. The normalized spacial score (nSPS) is 16.2. The lowest BCUT2D eigenvalue weighted by atomic mass is 9.80. The van der Waals surface area contributed by atoms with Gasteiger partial charge in [-0.15, -0.1) is 0 Å². The van der Waals surface area contributed by atoms with Gasteiger partial charge in [0, 0.05) is 23.4 Å². The lowest BCUT2D eigenvalue weighted by Crippen LogP contribution is -2.28. The van der Waals surface area contributed by atoms with Crippen LogP contribution in [0.15, 0.2) is 76.1 Å². The highest BCUT2D eigenvalue weighted by Crippen LogP contribution is 2.43. The molecule has 164 valence electrons. The molecule has 1 N–H and O–H groups in total. The number of carbonyl (C=O) groups excluding carboxylic acids is 1. The number of methoxy groups -OCH3 is 1. The molecule has 0 aliphatic carbocycles. The lowest BCUT2D eigenvalue weighted by molar-refractivity contribution is -0.136. The first kappa shape index (κ1) is 21.5. The number of ether oxygens (including phenoxy) is 1. The summed E-state index contributed by atoms with van der Waals surface area (Å²) in [7, 11) is 1.34. The highest BCUT2D eigenvalue weighted by molar-refractivity contribution is 5.96. The standard InChI is InChI=1S/C25H24FN3O3/c1-15-21(24-28-20(29-32-24)13-17-8-5-4-6-9-17)23(19-11-7-10-18(12-19)14-26)22(16(2)27-15)25(30)31-3/h4-12,23,27H,13-14H2,1-3H3. The van der Waals surface area contributed by atoms with Crippen molar-refractivity contribution in [2.24, 2.45) is 0 Å². The van der Waals surface area contributed by atoms with E-state index in [2.05, 4.69) is 15.5 Å². The van der Waals surface area contributed by atoms with Crippen LogP contribution in [-0.4, -0.2) is 23.2 Å². The molecule has 1 aliphatic heterocycles. The predicted octanol–water partition coefficient (Wildman–Crippen LogP) is 4.69. The van der Waals surface area contributed by atoms with E-state index in [4.69, 9.17) is 9.26 Å². The maximum absolute atomic E-state index is 13.4. The molecule has 3 aromatic rings. The lowest BCUT2D eigenvalue weighted by Gasteiger charge is -2.30. The predicted molar refractivity (Wildman–Crippen MR) is 118 cm³/mol. The van der Waals surface area contributed by atoms with Crippen LogP contribution in [0.2, 0.25) is 0 Å². The van der Waals surface area contributed by atoms with Crippen LogP contribution in [0, 0.1) is 0 Å². The van der Waals surface area contributed by atoms with Crippen molar-refractivity contribution in [3.8, 4) is 0 Å². The Labute approximate surface area is 185 Å². The summed E-state index contributed by atoms with van der Waals surface area (Å²) in [5.41, 5.74) is 4.86. The fraction of sp³-hybridized carbons (Fsp3) is 0.240. The fourth-order valence-corrected chi connectivity index (χ4v) is 4.06. The van der Waals surface area contributed by atoms with Gasteiger partial charge < -0.3 is 14.6 Å². The van der Waals surface area contributed by atoms with Crippen LogP contribution in [0.5, 0.6) is 0 Å². The van der Waals surface area contributed by atoms with Gasteiger partial charge in [-0.25, -0.2) is 9.18 Å². The first-order valence-electron chi connectivity index (χ1n) is 10.3. The topological polar surface area (TPSA) is 77.2 Å². The van der Waals surface area contributed by atoms with Gasteiger partial charge in [-0.3, -0.25) is 0 Å². The summed E-state index contributed by atoms with van der Waals surface area (Å²) in [6.07, 6.45) is 0.519. The Bertz CT molecular complexity index is 1200. The fourth-order valence-electron chi connectivity index (χ4n) is 4.06. The molecule has 0 saturated heterocycles. The van der Waals surface area contributed by atoms with Crippen molar-refractivity contribution in [2.45, 2.75) is 32.9 Å². The van der Waals surface area contributed by atoms with Gasteiger partial charge in [0.05, 0.1) is 18.6 Å². The van der Waals surface area contributed by atoms with E-state index >= 15 is 0 Å². The molecule has 32 heavy (non-hydrogen) atoms. The summed E-state index contributed by atoms with van der Waals surface area (Å²) in [4.78, 5) is 17.4. The number of rotatable bonds is 6. The van der Waals surface area contributed by atoms with Crippen molar-refractivity contribution in [3.63, 3.8) is 0 Å². The van der Waals surface area contributed by atoms with Gasteiger partial charge in [0.2, 0.25) is 0 Å². The number of allylic oxidation sites excluding steroid dienone is 3. The van der Waals surface area contributed by atoms with Crippen molar-refractivity contribution in [1.29, 1.82) is 0 Å². The number of nitrogens with zero attached hydrogens (tertiary/aromatic N) is 2. The van der Waals surface area contributed by atoms with E-state index in [1.165, 1.54) is 7.11 Å². The maximum Gasteiger partial charge on any atom is 0.336 e. The van der Waals surface area contributed by atoms with Crippen molar-refractivity contribution in [1.82, 2.24) is 15.5 Å². The third kappa shape index (κ3) is 4.19. The molecule has 0 radical (unpaired) electrons. The van der Waals surface area contributed by atoms with E-state index in [1.54, 1.807) is 18.2 Å². The SMILES string of the molecule is COC(=O)C1=C(C)NC(C)=C(c2nc(Cc3ccccc3)no2)C1c1cccc(CF)c1. The summed E-state index contributed by atoms with van der Waals surface area (Å²) in [5.74, 6) is -0.168. The monoisotopic (exact) mass is 433 g/mol. The molecule has 1 unspecified atom stereocenters. The van der Waals surface area contributed by atoms with Crippen molar-refractivity contribution < 1.29 is 18.4 Å². The number of alkyl halides is 1. The Morgan fingerprint density at radius 2 is 1.84 bits per heavy atom. The minimum Gasteiger partial charge on any atom is -0.466 e. The molecule has 1 atom stereocenters. The molecule has 0 bridgehead atoms. The summed E-state index contributed by atoms with van der Waals surface area (Å²) in [6.45, 7) is 3.10. The van der Waals surface area contributed by atoms with Gasteiger partial charge in [-0.05, 0) is 30.5 Å². The van der Waals surface area contributed by atoms with Crippen molar-refractivity contribution in [2.75, 3.05) is 7.11 Å². The Morgan fingerprint density at radius 1 is 1.09 bits per heavy atom. The van der Waals surface area contributed by atoms with Crippen LogP contribution < -0.4 is 5.32 Å². The summed E-state index contributed by atoms with van der Waals surface area (Å²) in [6, 6.07) is 17.0. The Balaban J connectivity index is 1.80. The van der Waals surface area contributed by atoms with E-state index < -0.39 is 18.6 Å². The molecule has 2 heterocycles. The van der Waals surface area contributed by atoms with Crippen LogP contribution in [0.4, 0.5) is 4.39 Å². The van der Waals surface area contributed by atoms with Crippen LogP contribution in [0.3, 0.4) is 0 Å².